The van der Waals surface area contributed by atoms with E-state index < -0.39 is 36.4 Å². The number of nitrogens with zero attached hydrogens (tertiary/aromatic N) is 5. The molecule has 0 aliphatic carbocycles. The summed E-state index contributed by atoms with van der Waals surface area (Å²) in [4.78, 5) is 39.0. The van der Waals surface area contributed by atoms with Crippen molar-refractivity contribution in [1.29, 1.82) is 0 Å². The Balaban J connectivity index is 0.000000333. The summed E-state index contributed by atoms with van der Waals surface area (Å²) in [5, 5.41) is 18.0. The predicted molar refractivity (Wildman–Crippen MR) is 118 cm³/mol. The van der Waals surface area contributed by atoms with Crippen LogP contribution in [0.1, 0.15) is 40.9 Å². The van der Waals surface area contributed by atoms with Gasteiger partial charge in [-0.15, -0.1) is 0 Å². The SMILES string of the molecule is Cn1cc(C(=O)N2CC[C@H]3[C@H]2CCN3Cc2cccnc2)c(C(F)F)n1.O=C(O)C(F)(F)F.O=C(O)C(F)(F)F. The third kappa shape index (κ3) is 8.59. The van der Waals surface area contributed by atoms with Crippen molar-refractivity contribution in [1.82, 2.24) is 24.6 Å². The highest BCUT2D eigenvalue weighted by molar-refractivity contribution is 5.95. The smallest absolute Gasteiger partial charge is 0.475 e. The second kappa shape index (κ2) is 13.0. The minimum absolute atomic E-state index is 0.0221. The maximum atomic E-state index is 13.2. The normalized spacial score (nSPS) is 18.9. The molecule has 2 saturated heterocycles. The van der Waals surface area contributed by atoms with E-state index >= 15 is 0 Å². The summed E-state index contributed by atoms with van der Waals surface area (Å²) in [6.07, 6.45) is -6.18. The van der Waals surface area contributed by atoms with Gasteiger partial charge < -0.3 is 15.1 Å². The molecule has 40 heavy (non-hydrogen) atoms. The number of carbonyl (C=O) groups is 3. The highest BCUT2D eigenvalue weighted by Crippen LogP contribution is 2.34. The highest BCUT2D eigenvalue weighted by Gasteiger charge is 2.45. The number of carboxylic acid groups (broad SMARTS) is 2. The Kier molecular flexibility index (Phi) is 10.5. The number of aryl methyl sites for hydroxylation is 1. The molecule has 0 radical (unpaired) electrons. The van der Waals surface area contributed by atoms with Gasteiger partial charge in [-0.2, -0.15) is 31.4 Å². The van der Waals surface area contributed by atoms with Gasteiger partial charge in [0.15, 0.2) is 0 Å². The number of pyridine rings is 1. The van der Waals surface area contributed by atoms with Crippen molar-refractivity contribution in [2.45, 2.75) is 50.2 Å². The summed E-state index contributed by atoms with van der Waals surface area (Å²) < 4.78 is 91.2. The number of fused-ring (bicyclic) bond motifs is 1. The van der Waals surface area contributed by atoms with Crippen LogP contribution in [-0.4, -0.2) is 90.1 Å². The fourth-order valence-electron chi connectivity index (χ4n) is 4.24. The highest BCUT2D eigenvalue weighted by atomic mass is 19.4. The third-order valence-corrected chi connectivity index (χ3v) is 5.84. The zero-order valence-corrected chi connectivity index (χ0v) is 20.5. The zero-order valence-electron chi connectivity index (χ0n) is 20.5. The quantitative estimate of drug-likeness (QED) is 0.519. The van der Waals surface area contributed by atoms with Crippen molar-refractivity contribution < 1.29 is 59.7 Å². The molecule has 0 spiro atoms. The number of carboxylic acids is 2. The van der Waals surface area contributed by atoms with Crippen molar-refractivity contribution in [3.8, 4) is 0 Å². The number of aromatic nitrogens is 3. The molecule has 10 nitrogen and oxygen atoms in total. The third-order valence-electron chi connectivity index (χ3n) is 5.84. The molecule has 18 heteroatoms. The number of likely N-dealkylation sites (tertiary alicyclic amines) is 2. The molecule has 0 aromatic carbocycles. The summed E-state index contributed by atoms with van der Waals surface area (Å²) in [7, 11) is 1.56. The fourth-order valence-corrected chi connectivity index (χ4v) is 4.24. The van der Waals surface area contributed by atoms with E-state index in [4.69, 9.17) is 19.8 Å². The van der Waals surface area contributed by atoms with Gasteiger partial charge in [0.1, 0.15) is 5.69 Å². The van der Waals surface area contributed by atoms with E-state index in [9.17, 15) is 39.9 Å². The van der Waals surface area contributed by atoms with E-state index in [0.29, 0.717) is 6.54 Å². The summed E-state index contributed by atoms with van der Waals surface area (Å²) in [6, 6.07) is 4.31. The van der Waals surface area contributed by atoms with Gasteiger partial charge in [0.05, 0.1) is 5.56 Å². The first-order chi connectivity index (χ1) is 18.4. The van der Waals surface area contributed by atoms with Crippen molar-refractivity contribution in [2.75, 3.05) is 13.1 Å². The average Bonchev–Trinajstić information content (AvgIpc) is 3.55. The Bertz CT molecular complexity index is 1150. The van der Waals surface area contributed by atoms with Crippen LogP contribution in [-0.2, 0) is 23.2 Å². The maximum absolute atomic E-state index is 13.2. The first-order valence-corrected chi connectivity index (χ1v) is 11.3. The topological polar surface area (TPSA) is 129 Å². The van der Waals surface area contributed by atoms with Crippen LogP contribution in [0, 0.1) is 0 Å². The Morgan fingerprint density at radius 1 is 1.00 bits per heavy atom. The average molecular weight is 589 g/mol. The van der Waals surface area contributed by atoms with Gasteiger partial charge in [0.2, 0.25) is 0 Å². The van der Waals surface area contributed by atoms with Crippen LogP contribution < -0.4 is 0 Å². The lowest BCUT2D eigenvalue weighted by Crippen LogP contribution is -2.39. The molecule has 4 rings (SSSR count). The summed E-state index contributed by atoms with van der Waals surface area (Å²) >= 11 is 0. The van der Waals surface area contributed by atoms with Crippen LogP contribution in [0.2, 0.25) is 0 Å². The molecule has 2 aliphatic heterocycles. The van der Waals surface area contributed by atoms with Crippen LogP contribution in [0.4, 0.5) is 35.1 Å². The molecular formula is C22H23F8N5O5. The Labute approximate surface area is 220 Å². The van der Waals surface area contributed by atoms with Gasteiger partial charge in [0, 0.05) is 57.4 Å². The van der Waals surface area contributed by atoms with Gasteiger partial charge in [-0.1, -0.05) is 6.07 Å². The number of hydrogen-bond acceptors (Lipinski definition) is 6. The van der Waals surface area contributed by atoms with E-state index in [1.54, 1.807) is 18.1 Å². The van der Waals surface area contributed by atoms with Crippen molar-refractivity contribution in [3.63, 3.8) is 0 Å². The molecule has 4 heterocycles. The predicted octanol–water partition coefficient (Wildman–Crippen LogP) is 3.51. The van der Waals surface area contributed by atoms with E-state index in [1.807, 2.05) is 18.3 Å². The van der Waals surface area contributed by atoms with Crippen LogP contribution in [0.15, 0.2) is 30.7 Å². The largest absolute Gasteiger partial charge is 0.490 e. The Morgan fingerprint density at radius 2 is 1.55 bits per heavy atom. The summed E-state index contributed by atoms with van der Waals surface area (Å²) in [5.41, 5.74) is 0.741. The molecule has 2 aliphatic rings. The minimum atomic E-state index is -5.08. The van der Waals surface area contributed by atoms with Gasteiger partial charge in [-0.25, -0.2) is 18.4 Å². The van der Waals surface area contributed by atoms with Crippen LogP contribution in [0.3, 0.4) is 0 Å². The number of rotatable bonds is 4. The zero-order chi connectivity index (χ0) is 30.4. The van der Waals surface area contributed by atoms with Crippen molar-refractivity contribution in [2.24, 2.45) is 7.05 Å². The molecule has 2 aromatic rings. The van der Waals surface area contributed by atoms with Crippen LogP contribution >= 0.6 is 0 Å². The second-order valence-electron chi connectivity index (χ2n) is 8.55. The number of aliphatic carboxylic acids is 2. The Morgan fingerprint density at radius 3 is 2.02 bits per heavy atom. The van der Waals surface area contributed by atoms with Gasteiger partial charge in [-0.05, 0) is 24.5 Å². The summed E-state index contributed by atoms with van der Waals surface area (Å²) in [6.45, 7) is 2.28. The monoisotopic (exact) mass is 589 g/mol. The van der Waals surface area contributed by atoms with Gasteiger partial charge in [0.25, 0.3) is 12.3 Å². The van der Waals surface area contributed by atoms with Crippen LogP contribution in [0.5, 0.6) is 0 Å². The number of hydrogen-bond donors (Lipinski definition) is 2. The minimum Gasteiger partial charge on any atom is -0.475 e. The lowest BCUT2D eigenvalue weighted by molar-refractivity contribution is -0.193. The van der Waals surface area contributed by atoms with E-state index in [2.05, 4.69) is 15.0 Å². The molecule has 2 atom stereocenters. The first-order valence-electron chi connectivity index (χ1n) is 11.3. The lowest BCUT2D eigenvalue weighted by atomic mass is 10.1. The lowest BCUT2D eigenvalue weighted by Gasteiger charge is -2.25. The molecule has 0 bridgehead atoms. The van der Waals surface area contributed by atoms with Crippen molar-refractivity contribution >= 4 is 17.8 Å². The molecule has 2 N–H and O–H groups in total. The number of carbonyl (C=O) groups excluding carboxylic acids is 1. The summed E-state index contributed by atoms with van der Waals surface area (Å²) in [5.74, 6) is -5.84. The second-order valence-corrected chi connectivity index (χ2v) is 8.55. The molecule has 0 saturated carbocycles. The standard InChI is InChI=1S/C18H21F2N5O.2C2HF3O2/c1-23-11-13(16(22-23)17(19)20)18(26)25-8-5-14-15(25)4-7-24(14)10-12-3-2-6-21-9-12;2*3-2(4,5)1(6)7/h2-3,6,9,11,14-15,17H,4-5,7-8,10H2,1H3;2*(H,6,7)/t14-,15+;;/m0../s1. The fraction of sp³-hybridized carbons (Fsp3) is 0.500. The van der Waals surface area contributed by atoms with Gasteiger partial charge >= 0.3 is 24.3 Å². The first kappa shape index (κ1) is 32.4. The van der Waals surface area contributed by atoms with E-state index in [0.717, 1.165) is 31.5 Å². The van der Waals surface area contributed by atoms with Crippen LogP contribution in [0.25, 0.3) is 0 Å². The number of halogens is 8. The van der Waals surface area contributed by atoms with Crippen molar-refractivity contribution in [3.05, 3.63) is 47.5 Å². The Hall–Kier alpha value is -3.83. The van der Waals surface area contributed by atoms with E-state index in [-0.39, 0.29) is 23.6 Å². The molecule has 2 aromatic heterocycles. The van der Waals surface area contributed by atoms with Gasteiger partial charge in [-0.3, -0.25) is 19.4 Å². The maximum Gasteiger partial charge on any atom is 0.490 e. The number of amides is 1. The molecular weight excluding hydrogens is 566 g/mol. The molecule has 222 valence electrons. The number of alkyl halides is 8. The van der Waals surface area contributed by atoms with E-state index in [1.165, 1.54) is 10.9 Å². The molecule has 1 amide bonds. The molecule has 2 fully saturated rings. The molecule has 0 unspecified atom stereocenters.